The van der Waals surface area contributed by atoms with Crippen molar-refractivity contribution in [3.8, 4) is 5.88 Å². The highest BCUT2D eigenvalue weighted by atomic mass is 19.4. The zero-order chi connectivity index (χ0) is 23.8. The number of hydrogen-bond donors (Lipinski definition) is 1. The number of aliphatic hydroxyl groups excluding tert-OH is 1. The second-order valence-corrected chi connectivity index (χ2v) is 7.85. The summed E-state index contributed by atoms with van der Waals surface area (Å²) in [6.45, 7) is 1.45. The molecule has 11 heteroatoms. The molecular formula is C22H22F3N5O3. The third-order valence-corrected chi connectivity index (χ3v) is 5.56. The van der Waals surface area contributed by atoms with Crippen LogP contribution in [-0.2, 0) is 26.2 Å². The van der Waals surface area contributed by atoms with Gasteiger partial charge in [-0.05, 0) is 35.2 Å². The fraction of sp³-hybridized carbons (Fsp3) is 0.364. The molecule has 174 valence electrons. The number of aryl methyl sites for hydroxylation is 1. The summed E-state index contributed by atoms with van der Waals surface area (Å²) in [5.74, 6) is 0.450. The van der Waals surface area contributed by atoms with Gasteiger partial charge < -0.3 is 14.4 Å². The minimum Gasteiger partial charge on any atom is -0.475 e. The van der Waals surface area contributed by atoms with Crippen LogP contribution in [0.4, 0.5) is 19.0 Å². The Hall–Kier alpha value is -3.47. The van der Waals surface area contributed by atoms with Gasteiger partial charge in [0.2, 0.25) is 5.88 Å². The Bertz CT molecular complexity index is 1180. The number of carbonyl (C=O) groups is 1. The molecule has 0 saturated heterocycles. The van der Waals surface area contributed by atoms with Crippen LogP contribution in [0.1, 0.15) is 45.7 Å². The summed E-state index contributed by atoms with van der Waals surface area (Å²) >= 11 is 0. The van der Waals surface area contributed by atoms with Gasteiger partial charge in [-0.25, -0.2) is 0 Å². The molecule has 1 amide bonds. The molecule has 4 rings (SSSR count). The number of pyridine rings is 1. The lowest BCUT2D eigenvalue weighted by Gasteiger charge is -2.20. The Kier molecular flexibility index (Phi) is 6.07. The molecule has 1 aliphatic rings. The van der Waals surface area contributed by atoms with E-state index in [-0.39, 0.29) is 48.5 Å². The second-order valence-electron chi connectivity index (χ2n) is 7.85. The smallest absolute Gasteiger partial charge is 0.416 e. The molecule has 1 N–H and O–H groups in total. The lowest BCUT2D eigenvalue weighted by Crippen LogP contribution is -2.25. The molecule has 3 heterocycles. The number of rotatable bonds is 7. The van der Waals surface area contributed by atoms with E-state index in [1.807, 2.05) is 14.0 Å². The van der Waals surface area contributed by atoms with E-state index in [0.717, 1.165) is 17.5 Å². The first kappa shape index (κ1) is 22.7. The summed E-state index contributed by atoms with van der Waals surface area (Å²) in [6, 6.07) is 6.94. The van der Waals surface area contributed by atoms with Gasteiger partial charge in [0.25, 0.3) is 5.91 Å². The fourth-order valence-corrected chi connectivity index (χ4v) is 3.82. The van der Waals surface area contributed by atoms with Crippen LogP contribution in [0.2, 0.25) is 0 Å². The molecule has 1 aliphatic heterocycles. The number of carbonyl (C=O) groups excluding carboxylic acids is 1. The summed E-state index contributed by atoms with van der Waals surface area (Å²) in [6.07, 6.45) is -2.45. The van der Waals surface area contributed by atoms with Crippen LogP contribution >= 0.6 is 0 Å². The van der Waals surface area contributed by atoms with Crippen molar-refractivity contribution < 1.29 is 27.8 Å². The maximum Gasteiger partial charge on any atom is 0.416 e. The van der Waals surface area contributed by atoms with E-state index in [2.05, 4.69) is 15.2 Å². The van der Waals surface area contributed by atoms with Crippen LogP contribution in [0, 0.1) is 0 Å². The van der Waals surface area contributed by atoms with Gasteiger partial charge >= 0.3 is 6.18 Å². The summed E-state index contributed by atoms with van der Waals surface area (Å²) in [7, 11) is 1.83. The Morgan fingerprint density at radius 2 is 2.06 bits per heavy atom. The Morgan fingerprint density at radius 3 is 2.73 bits per heavy atom. The number of fused-ring (bicyclic) bond motifs is 1. The lowest BCUT2D eigenvalue weighted by molar-refractivity contribution is -0.138. The largest absolute Gasteiger partial charge is 0.475 e. The van der Waals surface area contributed by atoms with Crippen molar-refractivity contribution in [2.24, 2.45) is 7.05 Å². The first-order valence-electron chi connectivity index (χ1n) is 10.3. The van der Waals surface area contributed by atoms with Crippen molar-refractivity contribution in [2.75, 3.05) is 18.1 Å². The maximum absolute atomic E-state index is 13.5. The van der Waals surface area contributed by atoms with Crippen LogP contribution in [0.15, 0.2) is 36.7 Å². The molecule has 33 heavy (non-hydrogen) atoms. The van der Waals surface area contributed by atoms with Crippen LogP contribution in [0.25, 0.3) is 0 Å². The SMILES string of the molecule is CC(Cc1nncn1C)c1cc(OCCO)nc(N2Cc3c(cccc3C(F)(F)F)C2=O)c1. The number of aromatic nitrogens is 4. The number of hydrogen-bond acceptors (Lipinski definition) is 6. The van der Waals surface area contributed by atoms with Crippen molar-refractivity contribution in [1.29, 1.82) is 0 Å². The van der Waals surface area contributed by atoms with Gasteiger partial charge in [0, 0.05) is 25.1 Å². The number of nitrogens with zero attached hydrogens (tertiary/aromatic N) is 5. The van der Waals surface area contributed by atoms with Gasteiger partial charge in [0.05, 0.1) is 18.7 Å². The summed E-state index contributed by atoms with van der Waals surface area (Å²) < 4.78 is 47.7. The second kappa shape index (κ2) is 8.81. The first-order valence-corrected chi connectivity index (χ1v) is 10.3. The van der Waals surface area contributed by atoms with Crippen molar-refractivity contribution in [3.63, 3.8) is 0 Å². The molecule has 0 fully saturated rings. The van der Waals surface area contributed by atoms with Crippen molar-refractivity contribution in [1.82, 2.24) is 19.7 Å². The lowest BCUT2D eigenvalue weighted by atomic mass is 9.98. The van der Waals surface area contributed by atoms with Gasteiger partial charge in [-0.15, -0.1) is 10.2 Å². The highest BCUT2D eigenvalue weighted by Crippen LogP contribution is 2.39. The summed E-state index contributed by atoms with van der Waals surface area (Å²) in [5, 5.41) is 17.1. The number of alkyl halides is 3. The molecule has 0 aliphatic carbocycles. The summed E-state index contributed by atoms with van der Waals surface area (Å²) in [4.78, 5) is 18.5. The molecule has 0 radical (unpaired) electrons. The zero-order valence-corrected chi connectivity index (χ0v) is 18.0. The van der Waals surface area contributed by atoms with E-state index in [4.69, 9.17) is 9.84 Å². The number of amides is 1. The van der Waals surface area contributed by atoms with Gasteiger partial charge in [-0.1, -0.05) is 13.0 Å². The van der Waals surface area contributed by atoms with Crippen LogP contribution in [0.3, 0.4) is 0 Å². The molecule has 8 nitrogen and oxygen atoms in total. The van der Waals surface area contributed by atoms with Crippen molar-refractivity contribution >= 4 is 11.7 Å². The predicted octanol–water partition coefficient (Wildman–Crippen LogP) is 3.11. The number of ether oxygens (including phenoxy) is 1. The average Bonchev–Trinajstić information content (AvgIpc) is 3.34. The minimum absolute atomic E-state index is 0.00184. The molecule has 0 bridgehead atoms. The van der Waals surface area contributed by atoms with E-state index in [9.17, 15) is 18.0 Å². The standard InChI is InChI=1S/C22H22F3N5O3/c1-13(8-19-28-26-12-29(19)2)14-9-18(27-20(10-14)33-7-6-31)30-11-16-15(21(30)32)4-3-5-17(16)22(23,24)25/h3-5,9-10,12-13,31H,6-8,11H2,1-2H3. The first-order chi connectivity index (χ1) is 15.7. The van der Waals surface area contributed by atoms with Gasteiger partial charge in [-0.3, -0.25) is 9.69 Å². The van der Waals surface area contributed by atoms with E-state index in [1.54, 1.807) is 23.0 Å². The van der Waals surface area contributed by atoms with Crippen LogP contribution in [-0.4, -0.2) is 44.0 Å². The van der Waals surface area contributed by atoms with Gasteiger partial charge in [0.1, 0.15) is 24.6 Å². The molecule has 0 saturated carbocycles. The highest BCUT2D eigenvalue weighted by Gasteiger charge is 2.40. The minimum atomic E-state index is -4.57. The van der Waals surface area contributed by atoms with Gasteiger partial charge in [0.15, 0.2) is 0 Å². The zero-order valence-electron chi connectivity index (χ0n) is 18.0. The van der Waals surface area contributed by atoms with E-state index >= 15 is 0 Å². The Labute approximate surface area is 187 Å². The third kappa shape index (κ3) is 4.54. The van der Waals surface area contributed by atoms with E-state index in [1.165, 1.54) is 17.0 Å². The van der Waals surface area contributed by atoms with Crippen molar-refractivity contribution in [2.45, 2.75) is 32.0 Å². The normalized spacial score (nSPS) is 14.5. The molecule has 2 aromatic heterocycles. The average molecular weight is 461 g/mol. The molecular weight excluding hydrogens is 439 g/mol. The van der Waals surface area contributed by atoms with Crippen LogP contribution < -0.4 is 9.64 Å². The molecule has 1 atom stereocenters. The molecule has 1 aromatic carbocycles. The monoisotopic (exact) mass is 461 g/mol. The maximum atomic E-state index is 13.5. The highest BCUT2D eigenvalue weighted by molar-refractivity contribution is 6.09. The quantitative estimate of drug-likeness (QED) is 0.581. The number of aliphatic hydroxyl groups is 1. The topological polar surface area (TPSA) is 93.4 Å². The fourth-order valence-electron chi connectivity index (χ4n) is 3.82. The number of anilines is 1. The van der Waals surface area contributed by atoms with E-state index in [0.29, 0.717) is 6.42 Å². The van der Waals surface area contributed by atoms with Crippen LogP contribution in [0.5, 0.6) is 5.88 Å². The Morgan fingerprint density at radius 1 is 1.27 bits per heavy atom. The Balaban J connectivity index is 1.70. The molecule has 1 unspecified atom stereocenters. The number of benzene rings is 1. The third-order valence-electron chi connectivity index (χ3n) is 5.56. The summed E-state index contributed by atoms with van der Waals surface area (Å²) in [5.41, 5.74) is -0.149. The molecule has 0 spiro atoms. The van der Waals surface area contributed by atoms with E-state index < -0.39 is 17.6 Å². The van der Waals surface area contributed by atoms with Crippen molar-refractivity contribution in [3.05, 3.63) is 64.7 Å². The van der Waals surface area contributed by atoms with Gasteiger partial charge in [-0.2, -0.15) is 18.2 Å². The molecule has 3 aromatic rings. The number of halogens is 3. The predicted molar refractivity (Wildman–Crippen MR) is 112 cm³/mol.